The van der Waals surface area contributed by atoms with Crippen molar-refractivity contribution in [2.75, 3.05) is 30.3 Å². The van der Waals surface area contributed by atoms with Crippen LogP contribution in [0.2, 0.25) is 0 Å². The van der Waals surface area contributed by atoms with E-state index >= 15 is 0 Å². The van der Waals surface area contributed by atoms with Crippen molar-refractivity contribution in [3.05, 3.63) is 11.9 Å². The molecule has 2 rings (SSSR count). The number of nitrogens with zero attached hydrogens (tertiary/aromatic N) is 2. The third-order valence-electron chi connectivity index (χ3n) is 4.02. The van der Waals surface area contributed by atoms with Crippen LogP contribution in [0.1, 0.15) is 45.1 Å². The minimum Gasteiger partial charge on any atom is -0.396 e. The van der Waals surface area contributed by atoms with Crippen molar-refractivity contribution in [2.24, 2.45) is 5.41 Å². The molecule has 0 amide bonds. The van der Waals surface area contributed by atoms with Crippen LogP contribution in [0.4, 0.5) is 11.6 Å². The van der Waals surface area contributed by atoms with Gasteiger partial charge >= 0.3 is 0 Å². The molecule has 5 nitrogen and oxygen atoms in total. The van der Waals surface area contributed by atoms with Crippen LogP contribution >= 0.6 is 0 Å². The lowest BCUT2D eigenvalue weighted by atomic mass is 10.0. The summed E-state index contributed by atoms with van der Waals surface area (Å²) in [6.07, 6.45) is 6.95. The Bertz CT molecular complexity index is 432. The number of rotatable bonds is 9. The first-order chi connectivity index (χ1) is 9.74. The van der Waals surface area contributed by atoms with Crippen molar-refractivity contribution < 1.29 is 5.11 Å². The molecule has 0 unspecified atom stereocenters. The average Bonchev–Trinajstić information content (AvgIpc) is 3.20. The molecule has 1 aromatic heterocycles. The van der Waals surface area contributed by atoms with Crippen LogP contribution in [0.15, 0.2) is 6.33 Å². The van der Waals surface area contributed by atoms with Gasteiger partial charge in [0.1, 0.15) is 18.0 Å². The Morgan fingerprint density at radius 3 is 2.45 bits per heavy atom. The second-order valence-electron chi connectivity index (χ2n) is 5.66. The minimum atomic E-state index is 0.274. The Balaban J connectivity index is 2.07. The number of aromatic nitrogens is 2. The van der Waals surface area contributed by atoms with Gasteiger partial charge in [-0.05, 0) is 38.0 Å². The second-order valence-corrected chi connectivity index (χ2v) is 5.66. The van der Waals surface area contributed by atoms with Crippen molar-refractivity contribution >= 4 is 11.6 Å². The maximum absolute atomic E-state index is 9.13. The van der Waals surface area contributed by atoms with Gasteiger partial charge in [-0.15, -0.1) is 0 Å². The summed E-state index contributed by atoms with van der Waals surface area (Å²) in [6.45, 7) is 6.27. The second kappa shape index (κ2) is 6.88. The van der Waals surface area contributed by atoms with Crippen molar-refractivity contribution in [1.29, 1.82) is 0 Å². The zero-order valence-corrected chi connectivity index (χ0v) is 12.6. The van der Waals surface area contributed by atoms with Crippen LogP contribution in [0.3, 0.4) is 0 Å². The highest BCUT2D eigenvalue weighted by molar-refractivity contribution is 5.57. The average molecular weight is 278 g/mol. The van der Waals surface area contributed by atoms with Gasteiger partial charge in [-0.1, -0.05) is 13.3 Å². The molecule has 5 heteroatoms. The molecule has 0 radical (unpaired) electrons. The number of aliphatic hydroxyl groups excluding tert-OH is 1. The summed E-state index contributed by atoms with van der Waals surface area (Å²) in [7, 11) is 0. The van der Waals surface area contributed by atoms with E-state index in [2.05, 4.69) is 34.4 Å². The van der Waals surface area contributed by atoms with Crippen LogP contribution in [-0.2, 0) is 6.42 Å². The molecule has 1 heterocycles. The molecule has 0 spiro atoms. The lowest BCUT2D eigenvalue weighted by molar-refractivity contribution is 0.253. The summed E-state index contributed by atoms with van der Waals surface area (Å²) in [6, 6.07) is 0. The van der Waals surface area contributed by atoms with E-state index in [0.717, 1.165) is 44.0 Å². The van der Waals surface area contributed by atoms with Crippen molar-refractivity contribution in [1.82, 2.24) is 9.97 Å². The predicted octanol–water partition coefficient (Wildman–Crippen LogP) is 2.44. The molecule has 0 saturated heterocycles. The fourth-order valence-corrected chi connectivity index (χ4v) is 2.57. The molecule has 1 aromatic rings. The van der Waals surface area contributed by atoms with Gasteiger partial charge < -0.3 is 15.7 Å². The first-order valence-electron chi connectivity index (χ1n) is 7.67. The molecule has 112 valence electrons. The smallest absolute Gasteiger partial charge is 0.134 e. The monoisotopic (exact) mass is 278 g/mol. The van der Waals surface area contributed by atoms with E-state index in [0.29, 0.717) is 5.41 Å². The molecule has 1 aliphatic rings. The van der Waals surface area contributed by atoms with E-state index in [4.69, 9.17) is 5.11 Å². The molecule has 1 fully saturated rings. The summed E-state index contributed by atoms with van der Waals surface area (Å²) in [5.74, 6) is 1.89. The van der Waals surface area contributed by atoms with Gasteiger partial charge in [-0.3, -0.25) is 0 Å². The zero-order valence-electron chi connectivity index (χ0n) is 12.6. The highest BCUT2D eigenvalue weighted by Gasteiger charge is 2.41. The normalized spacial score (nSPS) is 15.9. The molecule has 0 aliphatic heterocycles. The Morgan fingerprint density at radius 2 is 1.90 bits per heavy atom. The zero-order chi connectivity index (χ0) is 14.4. The SMILES string of the molecule is CCCc1c(NCC)ncnc1NCC1(CCO)CC1. The van der Waals surface area contributed by atoms with Gasteiger partial charge in [-0.2, -0.15) is 0 Å². The van der Waals surface area contributed by atoms with Gasteiger partial charge in [-0.25, -0.2) is 9.97 Å². The first kappa shape index (κ1) is 15.0. The molecule has 20 heavy (non-hydrogen) atoms. The maximum atomic E-state index is 9.13. The van der Waals surface area contributed by atoms with E-state index in [1.807, 2.05) is 0 Å². The van der Waals surface area contributed by atoms with Gasteiger partial charge in [0, 0.05) is 25.3 Å². The Hall–Kier alpha value is -1.36. The Labute approximate surface area is 121 Å². The quantitative estimate of drug-likeness (QED) is 0.647. The molecule has 1 saturated carbocycles. The van der Waals surface area contributed by atoms with E-state index in [-0.39, 0.29) is 6.61 Å². The van der Waals surface area contributed by atoms with Crippen LogP contribution < -0.4 is 10.6 Å². The third kappa shape index (κ3) is 3.60. The lowest BCUT2D eigenvalue weighted by Crippen LogP contribution is -2.19. The maximum Gasteiger partial charge on any atom is 0.134 e. The van der Waals surface area contributed by atoms with Crippen LogP contribution in [-0.4, -0.2) is 34.8 Å². The van der Waals surface area contributed by atoms with Gasteiger partial charge in [0.15, 0.2) is 0 Å². The predicted molar refractivity (Wildman–Crippen MR) is 82.1 cm³/mol. The molecular formula is C15H26N4O. The fourth-order valence-electron chi connectivity index (χ4n) is 2.57. The van der Waals surface area contributed by atoms with Crippen LogP contribution in [0.5, 0.6) is 0 Å². The van der Waals surface area contributed by atoms with E-state index < -0.39 is 0 Å². The highest BCUT2D eigenvalue weighted by atomic mass is 16.3. The summed E-state index contributed by atoms with van der Waals surface area (Å²) in [5.41, 5.74) is 1.47. The van der Waals surface area contributed by atoms with Crippen molar-refractivity contribution in [2.45, 2.75) is 46.0 Å². The van der Waals surface area contributed by atoms with Crippen molar-refractivity contribution in [3.63, 3.8) is 0 Å². The summed E-state index contributed by atoms with van der Waals surface area (Å²) in [5, 5.41) is 15.9. The largest absolute Gasteiger partial charge is 0.396 e. The Morgan fingerprint density at radius 1 is 1.20 bits per heavy atom. The summed E-state index contributed by atoms with van der Waals surface area (Å²) < 4.78 is 0. The number of hydrogen-bond donors (Lipinski definition) is 3. The Kier molecular flexibility index (Phi) is 5.17. The summed E-state index contributed by atoms with van der Waals surface area (Å²) >= 11 is 0. The van der Waals surface area contributed by atoms with Gasteiger partial charge in [0.2, 0.25) is 0 Å². The van der Waals surface area contributed by atoms with E-state index in [9.17, 15) is 0 Å². The van der Waals surface area contributed by atoms with Crippen LogP contribution in [0, 0.1) is 5.41 Å². The minimum absolute atomic E-state index is 0.274. The van der Waals surface area contributed by atoms with Gasteiger partial charge in [0.25, 0.3) is 0 Å². The number of aliphatic hydroxyl groups is 1. The molecule has 1 aliphatic carbocycles. The highest BCUT2D eigenvalue weighted by Crippen LogP contribution is 2.48. The van der Waals surface area contributed by atoms with E-state index in [1.165, 1.54) is 18.4 Å². The number of hydrogen-bond acceptors (Lipinski definition) is 5. The number of nitrogens with one attached hydrogen (secondary N) is 2. The fraction of sp³-hybridized carbons (Fsp3) is 0.733. The van der Waals surface area contributed by atoms with E-state index in [1.54, 1.807) is 6.33 Å². The molecule has 0 aromatic carbocycles. The first-order valence-corrected chi connectivity index (χ1v) is 7.67. The number of anilines is 2. The summed E-state index contributed by atoms with van der Waals surface area (Å²) in [4.78, 5) is 8.75. The topological polar surface area (TPSA) is 70.1 Å². The standard InChI is InChI=1S/C15H26N4O/c1-3-5-12-13(16-4-2)18-11-19-14(12)17-10-15(6-7-15)8-9-20/h11,20H,3-10H2,1-2H3,(H2,16,17,18,19). The third-order valence-corrected chi connectivity index (χ3v) is 4.02. The van der Waals surface area contributed by atoms with Crippen molar-refractivity contribution in [3.8, 4) is 0 Å². The molecular weight excluding hydrogens is 252 g/mol. The lowest BCUT2D eigenvalue weighted by Gasteiger charge is -2.18. The van der Waals surface area contributed by atoms with Gasteiger partial charge in [0.05, 0.1) is 0 Å². The molecule has 0 bridgehead atoms. The van der Waals surface area contributed by atoms with Crippen LogP contribution in [0.25, 0.3) is 0 Å². The molecule has 0 atom stereocenters. The molecule has 3 N–H and O–H groups in total.